The predicted octanol–water partition coefficient (Wildman–Crippen LogP) is 1.68. The topological polar surface area (TPSA) is 89.1 Å². The predicted molar refractivity (Wildman–Crippen MR) is 129 cm³/mol. The van der Waals surface area contributed by atoms with Crippen LogP contribution >= 0.6 is 24.0 Å². The Bertz CT molecular complexity index is 733. The van der Waals surface area contributed by atoms with Crippen LogP contribution in [0.3, 0.4) is 0 Å². The van der Waals surface area contributed by atoms with Gasteiger partial charge in [-0.3, -0.25) is 19.6 Å². The van der Waals surface area contributed by atoms with Gasteiger partial charge in [-0.15, -0.1) is 24.0 Å². The van der Waals surface area contributed by atoms with E-state index in [-0.39, 0.29) is 42.5 Å². The van der Waals surface area contributed by atoms with Crippen molar-refractivity contribution in [2.24, 2.45) is 4.99 Å². The molecular weight excluding hydrogens is 495 g/mol. The minimum Gasteiger partial charge on any atom is -0.357 e. The number of halogens is 1. The van der Waals surface area contributed by atoms with Crippen LogP contribution < -0.4 is 16.0 Å². The highest BCUT2D eigenvalue weighted by atomic mass is 127. The number of guanidine groups is 1. The van der Waals surface area contributed by atoms with Crippen molar-refractivity contribution in [3.05, 3.63) is 35.4 Å². The number of hydrogen-bond acceptors (Lipinski definition) is 4. The lowest BCUT2D eigenvalue weighted by Crippen LogP contribution is -2.48. The Hall–Kier alpha value is -1.88. The molecule has 0 unspecified atom stereocenters. The zero-order valence-electron chi connectivity index (χ0n) is 17.8. The van der Waals surface area contributed by atoms with Crippen LogP contribution in [0.15, 0.2) is 29.3 Å². The van der Waals surface area contributed by atoms with Crippen LogP contribution in [0.1, 0.15) is 30.9 Å². The summed E-state index contributed by atoms with van der Waals surface area (Å²) in [5.74, 6) is 0.556. The molecule has 2 aliphatic heterocycles. The van der Waals surface area contributed by atoms with Crippen molar-refractivity contribution >= 4 is 41.9 Å². The zero-order chi connectivity index (χ0) is 20.6. The summed E-state index contributed by atoms with van der Waals surface area (Å²) in [7, 11) is 0. The minimum atomic E-state index is -0.329. The molecule has 8 nitrogen and oxygen atoms in total. The monoisotopic (exact) mass is 528 g/mol. The molecule has 166 valence electrons. The Morgan fingerprint density at radius 3 is 2.67 bits per heavy atom. The van der Waals surface area contributed by atoms with E-state index < -0.39 is 0 Å². The molecule has 0 atom stereocenters. The van der Waals surface area contributed by atoms with Gasteiger partial charge in [-0.1, -0.05) is 29.8 Å². The van der Waals surface area contributed by atoms with Crippen molar-refractivity contribution in [1.82, 2.24) is 25.8 Å². The molecule has 3 amide bonds. The number of carbonyl (C=O) groups is 2. The van der Waals surface area contributed by atoms with Gasteiger partial charge in [-0.2, -0.15) is 0 Å². The summed E-state index contributed by atoms with van der Waals surface area (Å²) < 4.78 is 0. The molecule has 1 aromatic rings. The summed E-state index contributed by atoms with van der Waals surface area (Å²) in [5.41, 5.74) is 2.67. The fraction of sp³-hybridized carbons (Fsp3) is 0.571. The largest absolute Gasteiger partial charge is 0.357 e. The van der Waals surface area contributed by atoms with E-state index in [1.165, 1.54) is 16.0 Å². The lowest BCUT2D eigenvalue weighted by atomic mass is 10.0. The fourth-order valence-electron chi connectivity index (χ4n) is 3.76. The Morgan fingerprint density at radius 2 is 2.03 bits per heavy atom. The SMILES string of the molecule is CCNC(=NCCN1C(=O)CNC1=O)NC1CCN(Cc2cccc(C)c2)CC1.I. The van der Waals surface area contributed by atoms with Crippen LogP contribution in [0.4, 0.5) is 4.79 Å². The van der Waals surface area contributed by atoms with E-state index >= 15 is 0 Å². The lowest BCUT2D eigenvalue weighted by molar-refractivity contribution is -0.124. The Kier molecular flexibility index (Phi) is 9.83. The number of amides is 3. The summed E-state index contributed by atoms with van der Waals surface area (Å²) in [4.78, 5) is 31.5. The molecule has 0 bridgehead atoms. The number of rotatable bonds is 7. The molecule has 0 saturated carbocycles. The van der Waals surface area contributed by atoms with Crippen LogP contribution in [-0.2, 0) is 11.3 Å². The third-order valence-electron chi connectivity index (χ3n) is 5.29. The summed E-state index contributed by atoms with van der Waals surface area (Å²) in [6, 6.07) is 8.75. The molecule has 2 aliphatic rings. The van der Waals surface area contributed by atoms with Crippen molar-refractivity contribution in [2.45, 2.75) is 39.3 Å². The standard InChI is InChI=1S/C21H32N6O2.HI/c1-3-22-20(23-9-12-27-19(28)14-24-21(27)29)25-18-7-10-26(11-8-18)15-17-6-4-5-16(2)13-17;/h4-6,13,18H,3,7-12,14-15H2,1-2H3,(H,24,29)(H2,22,23,25);1H. The fourth-order valence-corrected chi connectivity index (χ4v) is 3.76. The van der Waals surface area contributed by atoms with E-state index in [1.807, 2.05) is 6.92 Å². The number of imide groups is 1. The zero-order valence-corrected chi connectivity index (χ0v) is 20.1. The first-order chi connectivity index (χ1) is 14.0. The van der Waals surface area contributed by atoms with Crippen LogP contribution in [0.25, 0.3) is 0 Å². The van der Waals surface area contributed by atoms with Crippen LogP contribution in [0.2, 0.25) is 0 Å². The van der Waals surface area contributed by atoms with E-state index in [4.69, 9.17) is 0 Å². The molecule has 1 aromatic carbocycles. The van der Waals surface area contributed by atoms with Gasteiger partial charge in [-0.05, 0) is 32.3 Å². The average molecular weight is 528 g/mol. The van der Waals surface area contributed by atoms with Crippen molar-refractivity contribution in [3.63, 3.8) is 0 Å². The second-order valence-corrected chi connectivity index (χ2v) is 7.65. The van der Waals surface area contributed by atoms with E-state index in [9.17, 15) is 9.59 Å². The first-order valence-electron chi connectivity index (χ1n) is 10.5. The third-order valence-corrected chi connectivity index (χ3v) is 5.29. The maximum atomic E-state index is 11.6. The van der Waals surface area contributed by atoms with Crippen molar-refractivity contribution in [2.75, 3.05) is 39.3 Å². The number of piperidine rings is 1. The third kappa shape index (κ3) is 7.12. The smallest absolute Gasteiger partial charge is 0.324 e. The molecule has 2 saturated heterocycles. The van der Waals surface area contributed by atoms with Gasteiger partial charge in [0.15, 0.2) is 5.96 Å². The molecule has 30 heavy (non-hydrogen) atoms. The van der Waals surface area contributed by atoms with Gasteiger partial charge < -0.3 is 16.0 Å². The van der Waals surface area contributed by atoms with Crippen LogP contribution in [0, 0.1) is 6.92 Å². The van der Waals surface area contributed by atoms with Gasteiger partial charge in [0, 0.05) is 32.2 Å². The minimum absolute atomic E-state index is 0. The molecule has 0 aromatic heterocycles. The molecular formula is C21H33IN6O2. The highest BCUT2D eigenvalue weighted by Crippen LogP contribution is 2.14. The number of nitrogens with one attached hydrogen (secondary N) is 3. The maximum Gasteiger partial charge on any atom is 0.324 e. The molecule has 3 N–H and O–H groups in total. The van der Waals surface area contributed by atoms with Gasteiger partial charge in [0.25, 0.3) is 0 Å². The van der Waals surface area contributed by atoms with E-state index in [1.54, 1.807) is 0 Å². The molecule has 0 aliphatic carbocycles. The molecule has 2 fully saturated rings. The molecule has 0 spiro atoms. The van der Waals surface area contributed by atoms with Crippen LogP contribution in [-0.4, -0.2) is 73.0 Å². The highest BCUT2D eigenvalue weighted by molar-refractivity contribution is 14.0. The van der Waals surface area contributed by atoms with Gasteiger partial charge in [0.2, 0.25) is 5.91 Å². The quantitative estimate of drug-likeness (QED) is 0.217. The number of likely N-dealkylation sites (tertiary alicyclic amines) is 1. The van der Waals surface area contributed by atoms with Gasteiger partial charge >= 0.3 is 6.03 Å². The molecule has 3 rings (SSSR count). The van der Waals surface area contributed by atoms with E-state index in [2.05, 4.69) is 57.0 Å². The Labute approximate surface area is 195 Å². The number of urea groups is 1. The van der Waals surface area contributed by atoms with Crippen molar-refractivity contribution in [3.8, 4) is 0 Å². The average Bonchev–Trinajstić information content (AvgIpc) is 3.02. The van der Waals surface area contributed by atoms with Gasteiger partial charge in [0.05, 0.1) is 19.6 Å². The summed E-state index contributed by atoms with van der Waals surface area (Å²) in [6.45, 7) is 8.79. The number of hydrogen-bond donors (Lipinski definition) is 3. The number of aryl methyl sites for hydroxylation is 1. The molecule has 0 radical (unpaired) electrons. The van der Waals surface area contributed by atoms with Gasteiger partial charge in [0.1, 0.15) is 0 Å². The summed E-state index contributed by atoms with van der Waals surface area (Å²) in [6.07, 6.45) is 2.12. The first kappa shape index (κ1) is 24.4. The summed E-state index contributed by atoms with van der Waals surface area (Å²) >= 11 is 0. The van der Waals surface area contributed by atoms with Crippen molar-refractivity contribution < 1.29 is 9.59 Å². The first-order valence-corrected chi connectivity index (χ1v) is 10.5. The van der Waals surface area contributed by atoms with Crippen molar-refractivity contribution in [1.29, 1.82) is 0 Å². The van der Waals surface area contributed by atoms with Gasteiger partial charge in [-0.25, -0.2) is 4.79 Å². The number of nitrogens with zero attached hydrogens (tertiary/aromatic N) is 3. The Morgan fingerprint density at radius 1 is 1.27 bits per heavy atom. The maximum absolute atomic E-state index is 11.6. The van der Waals surface area contributed by atoms with Crippen LogP contribution in [0.5, 0.6) is 0 Å². The highest BCUT2D eigenvalue weighted by Gasteiger charge is 2.27. The Balaban J connectivity index is 0.00000320. The number of benzene rings is 1. The second kappa shape index (κ2) is 12.1. The van der Waals surface area contributed by atoms with E-state index in [0.29, 0.717) is 19.1 Å². The molecule has 9 heteroatoms. The van der Waals surface area contributed by atoms with E-state index in [0.717, 1.165) is 45.0 Å². The molecule has 2 heterocycles. The normalized spacial score (nSPS) is 18.2. The summed E-state index contributed by atoms with van der Waals surface area (Å²) in [5, 5.41) is 9.29. The number of aliphatic imine (C=N–C) groups is 1. The lowest BCUT2D eigenvalue weighted by Gasteiger charge is -2.33. The second-order valence-electron chi connectivity index (χ2n) is 7.65. The number of carbonyl (C=O) groups excluding carboxylic acids is 2.